The Morgan fingerprint density at radius 2 is 2.00 bits per heavy atom. The van der Waals surface area contributed by atoms with Crippen LogP contribution in [0, 0.1) is 5.41 Å². The fraction of sp³-hybridized carbons (Fsp3) is 1.00. The van der Waals surface area contributed by atoms with Crippen molar-refractivity contribution in [2.75, 3.05) is 25.5 Å². The topological polar surface area (TPSA) is 3.24 Å². The zero-order valence-corrected chi connectivity index (χ0v) is 9.03. The summed E-state index contributed by atoms with van der Waals surface area (Å²) in [5.74, 6) is 0.781. The van der Waals surface area contributed by atoms with Crippen molar-refractivity contribution in [3.8, 4) is 0 Å². The molecule has 1 saturated heterocycles. The van der Waals surface area contributed by atoms with Crippen molar-refractivity contribution in [1.82, 2.24) is 4.90 Å². The Hall–Kier alpha value is 0.250. The van der Waals surface area contributed by atoms with Crippen molar-refractivity contribution in [2.45, 2.75) is 33.1 Å². The quantitative estimate of drug-likeness (QED) is 0.615. The summed E-state index contributed by atoms with van der Waals surface area (Å²) >= 11 is 5.72. The second kappa shape index (κ2) is 4.48. The van der Waals surface area contributed by atoms with Crippen molar-refractivity contribution in [2.24, 2.45) is 5.41 Å². The summed E-state index contributed by atoms with van der Waals surface area (Å²) in [5.41, 5.74) is 0.617. The highest BCUT2D eigenvalue weighted by atomic mass is 35.5. The van der Waals surface area contributed by atoms with E-state index in [-0.39, 0.29) is 0 Å². The molecule has 0 amide bonds. The van der Waals surface area contributed by atoms with Crippen LogP contribution in [0.15, 0.2) is 0 Å². The van der Waals surface area contributed by atoms with Gasteiger partial charge in [0.25, 0.3) is 0 Å². The summed E-state index contributed by atoms with van der Waals surface area (Å²) < 4.78 is 0. The standard InChI is InChI=1S/C10H20ClN/c1-3-10(4-2)5-7-12(9-10)8-6-11/h3-9H2,1-2H3. The third kappa shape index (κ3) is 2.14. The van der Waals surface area contributed by atoms with Crippen LogP contribution in [0.2, 0.25) is 0 Å². The summed E-state index contributed by atoms with van der Waals surface area (Å²) in [7, 11) is 0. The van der Waals surface area contributed by atoms with Gasteiger partial charge in [0, 0.05) is 19.0 Å². The SMILES string of the molecule is CCC1(CC)CCN(CCCl)C1. The van der Waals surface area contributed by atoms with Crippen LogP contribution >= 0.6 is 11.6 Å². The van der Waals surface area contributed by atoms with Crippen molar-refractivity contribution >= 4 is 11.6 Å². The molecule has 0 bridgehead atoms. The first kappa shape index (κ1) is 10.3. The van der Waals surface area contributed by atoms with Gasteiger partial charge in [-0.3, -0.25) is 0 Å². The van der Waals surface area contributed by atoms with Crippen LogP contribution in [0.25, 0.3) is 0 Å². The number of hydrogen-bond donors (Lipinski definition) is 0. The van der Waals surface area contributed by atoms with Crippen LogP contribution in [0.5, 0.6) is 0 Å². The number of alkyl halides is 1. The Bertz CT molecular complexity index is 132. The van der Waals surface area contributed by atoms with E-state index < -0.39 is 0 Å². The van der Waals surface area contributed by atoms with Crippen LogP contribution in [0.4, 0.5) is 0 Å². The monoisotopic (exact) mass is 189 g/mol. The Kier molecular flexibility index (Phi) is 3.85. The minimum absolute atomic E-state index is 0.617. The second-order valence-electron chi connectivity index (χ2n) is 3.92. The van der Waals surface area contributed by atoms with Crippen LogP contribution in [-0.4, -0.2) is 30.4 Å². The maximum absolute atomic E-state index is 5.72. The minimum Gasteiger partial charge on any atom is -0.302 e. The van der Waals surface area contributed by atoms with Gasteiger partial charge in [-0.15, -0.1) is 11.6 Å². The Morgan fingerprint density at radius 1 is 1.33 bits per heavy atom. The predicted octanol–water partition coefficient (Wildman–Crippen LogP) is 2.74. The van der Waals surface area contributed by atoms with Gasteiger partial charge in [-0.25, -0.2) is 0 Å². The highest BCUT2D eigenvalue weighted by Gasteiger charge is 2.34. The summed E-state index contributed by atoms with van der Waals surface area (Å²) in [6.45, 7) is 8.23. The number of halogens is 1. The molecule has 1 nitrogen and oxygen atoms in total. The van der Waals surface area contributed by atoms with E-state index in [0.717, 1.165) is 12.4 Å². The van der Waals surface area contributed by atoms with E-state index in [0.29, 0.717) is 5.41 Å². The molecular formula is C10H20ClN. The smallest absolute Gasteiger partial charge is 0.0351 e. The van der Waals surface area contributed by atoms with Gasteiger partial charge in [-0.1, -0.05) is 13.8 Å². The lowest BCUT2D eigenvalue weighted by molar-refractivity contribution is 0.247. The molecule has 12 heavy (non-hydrogen) atoms. The fourth-order valence-electron chi connectivity index (χ4n) is 2.17. The molecule has 0 atom stereocenters. The maximum atomic E-state index is 5.72. The third-order valence-corrected chi connectivity index (χ3v) is 3.59. The molecular weight excluding hydrogens is 170 g/mol. The fourth-order valence-corrected chi connectivity index (χ4v) is 2.40. The average molecular weight is 190 g/mol. The molecule has 1 rings (SSSR count). The summed E-state index contributed by atoms with van der Waals surface area (Å²) in [5, 5.41) is 0. The number of rotatable bonds is 4. The molecule has 0 unspecified atom stereocenters. The normalized spacial score (nSPS) is 23.2. The summed E-state index contributed by atoms with van der Waals surface area (Å²) in [4.78, 5) is 2.50. The molecule has 0 aromatic carbocycles. The molecule has 1 aliphatic rings. The van der Waals surface area contributed by atoms with Gasteiger partial charge >= 0.3 is 0 Å². The minimum atomic E-state index is 0.617. The van der Waals surface area contributed by atoms with E-state index in [1.165, 1.54) is 32.4 Å². The first-order chi connectivity index (χ1) is 5.76. The van der Waals surface area contributed by atoms with E-state index in [4.69, 9.17) is 11.6 Å². The van der Waals surface area contributed by atoms with Gasteiger partial charge < -0.3 is 4.90 Å². The molecule has 0 spiro atoms. The van der Waals surface area contributed by atoms with E-state index in [9.17, 15) is 0 Å². The molecule has 0 N–H and O–H groups in total. The zero-order valence-electron chi connectivity index (χ0n) is 8.27. The lowest BCUT2D eigenvalue weighted by atomic mass is 9.82. The lowest BCUT2D eigenvalue weighted by Gasteiger charge is -2.26. The highest BCUT2D eigenvalue weighted by Crippen LogP contribution is 2.36. The van der Waals surface area contributed by atoms with Gasteiger partial charge in [0.1, 0.15) is 0 Å². The molecule has 72 valence electrons. The average Bonchev–Trinajstić information content (AvgIpc) is 2.50. The lowest BCUT2D eigenvalue weighted by Crippen LogP contribution is -2.27. The molecule has 0 radical (unpaired) electrons. The number of nitrogens with zero attached hydrogens (tertiary/aromatic N) is 1. The molecule has 0 saturated carbocycles. The molecule has 0 aromatic heterocycles. The number of hydrogen-bond acceptors (Lipinski definition) is 1. The third-order valence-electron chi connectivity index (χ3n) is 3.42. The van der Waals surface area contributed by atoms with Gasteiger partial charge in [-0.05, 0) is 31.2 Å². The van der Waals surface area contributed by atoms with Crippen molar-refractivity contribution in [3.05, 3.63) is 0 Å². The predicted molar refractivity (Wildman–Crippen MR) is 54.8 cm³/mol. The molecule has 1 heterocycles. The van der Waals surface area contributed by atoms with Crippen LogP contribution in [-0.2, 0) is 0 Å². The largest absolute Gasteiger partial charge is 0.302 e. The molecule has 1 aliphatic heterocycles. The zero-order chi connectivity index (χ0) is 9.03. The van der Waals surface area contributed by atoms with Crippen molar-refractivity contribution in [1.29, 1.82) is 0 Å². The van der Waals surface area contributed by atoms with Gasteiger partial charge in [-0.2, -0.15) is 0 Å². The molecule has 2 heteroatoms. The molecule has 0 aromatic rings. The van der Waals surface area contributed by atoms with E-state index >= 15 is 0 Å². The Labute approximate surface area is 81.1 Å². The van der Waals surface area contributed by atoms with Gasteiger partial charge in [0.15, 0.2) is 0 Å². The number of likely N-dealkylation sites (tertiary alicyclic amines) is 1. The van der Waals surface area contributed by atoms with E-state index in [1.807, 2.05) is 0 Å². The summed E-state index contributed by atoms with van der Waals surface area (Å²) in [6.07, 6.45) is 4.02. The van der Waals surface area contributed by atoms with E-state index in [2.05, 4.69) is 18.7 Å². The maximum Gasteiger partial charge on any atom is 0.0351 e. The van der Waals surface area contributed by atoms with Gasteiger partial charge in [0.2, 0.25) is 0 Å². The second-order valence-corrected chi connectivity index (χ2v) is 4.30. The Morgan fingerprint density at radius 3 is 2.42 bits per heavy atom. The molecule has 0 aliphatic carbocycles. The highest BCUT2D eigenvalue weighted by molar-refractivity contribution is 6.18. The molecule has 1 fully saturated rings. The van der Waals surface area contributed by atoms with Crippen LogP contribution in [0.3, 0.4) is 0 Å². The first-order valence-electron chi connectivity index (χ1n) is 5.04. The van der Waals surface area contributed by atoms with E-state index in [1.54, 1.807) is 0 Å². The van der Waals surface area contributed by atoms with Crippen LogP contribution < -0.4 is 0 Å². The van der Waals surface area contributed by atoms with Gasteiger partial charge in [0.05, 0.1) is 0 Å². The van der Waals surface area contributed by atoms with Crippen molar-refractivity contribution < 1.29 is 0 Å². The van der Waals surface area contributed by atoms with Crippen LogP contribution in [0.1, 0.15) is 33.1 Å². The summed E-state index contributed by atoms with van der Waals surface area (Å²) in [6, 6.07) is 0. The Balaban J connectivity index is 2.41. The first-order valence-corrected chi connectivity index (χ1v) is 5.58. The van der Waals surface area contributed by atoms with Crippen molar-refractivity contribution in [3.63, 3.8) is 0 Å².